The maximum Gasteiger partial charge on any atom is 0.143 e. The molecular weight excluding hydrogens is 227 g/mol. The van der Waals surface area contributed by atoms with Gasteiger partial charge in [0.25, 0.3) is 0 Å². The van der Waals surface area contributed by atoms with E-state index in [0.717, 1.165) is 24.3 Å². The van der Waals surface area contributed by atoms with Crippen molar-refractivity contribution in [1.29, 1.82) is 0 Å². The lowest BCUT2D eigenvalue weighted by Gasteiger charge is -2.28. The number of rotatable bonds is 3. The van der Waals surface area contributed by atoms with Gasteiger partial charge in [-0.1, -0.05) is 31.4 Å². The standard InChI is InChI=1S/C12H16ClFN2/c1-2-3-4-8-7-15-11-6-10(14)9(13)5-12(11)16-8/h5-6,8,15-16H,2-4,7H2,1H3. The van der Waals surface area contributed by atoms with Gasteiger partial charge in [-0.25, -0.2) is 4.39 Å². The fourth-order valence-corrected chi connectivity index (χ4v) is 2.11. The van der Waals surface area contributed by atoms with Crippen molar-refractivity contribution in [1.82, 2.24) is 0 Å². The van der Waals surface area contributed by atoms with E-state index < -0.39 is 0 Å². The molecule has 1 heterocycles. The average molecular weight is 243 g/mol. The third-order valence-corrected chi connectivity index (χ3v) is 3.15. The zero-order chi connectivity index (χ0) is 11.5. The Balaban J connectivity index is 2.11. The molecule has 1 aliphatic rings. The topological polar surface area (TPSA) is 24.1 Å². The first kappa shape index (κ1) is 11.5. The van der Waals surface area contributed by atoms with Gasteiger partial charge < -0.3 is 10.6 Å². The van der Waals surface area contributed by atoms with Crippen LogP contribution in [0.2, 0.25) is 5.02 Å². The molecule has 0 aromatic heterocycles. The fraction of sp³-hybridized carbons (Fsp3) is 0.500. The number of anilines is 2. The van der Waals surface area contributed by atoms with Gasteiger partial charge in [-0.15, -0.1) is 0 Å². The summed E-state index contributed by atoms with van der Waals surface area (Å²) in [6, 6.07) is 3.51. The summed E-state index contributed by atoms with van der Waals surface area (Å²) in [6.45, 7) is 3.02. The maximum absolute atomic E-state index is 13.2. The second-order valence-corrected chi connectivity index (χ2v) is 4.58. The Bertz CT molecular complexity index is 382. The molecule has 1 aromatic carbocycles. The van der Waals surface area contributed by atoms with Crippen LogP contribution in [0.5, 0.6) is 0 Å². The van der Waals surface area contributed by atoms with Crippen LogP contribution >= 0.6 is 11.6 Å². The van der Waals surface area contributed by atoms with Crippen LogP contribution in [0.25, 0.3) is 0 Å². The molecule has 1 unspecified atom stereocenters. The van der Waals surface area contributed by atoms with E-state index in [1.807, 2.05) is 0 Å². The second-order valence-electron chi connectivity index (χ2n) is 4.18. The van der Waals surface area contributed by atoms with Crippen LogP contribution in [0.15, 0.2) is 12.1 Å². The summed E-state index contributed by atoms with van der Waals surface area (Å²) in [7, 11) is 0. The number of hydrogen-bond acceptors (Lipinski definition) is 2. The molecule has 0 radical (unpaired) electrons. The van der Waals surface area contributed by atoms with Crippen molar-refractivity contribution in [2.24, 2.45) is 0 Å². The molecule has 1 aliphatic heterocycles. The summed E-state index contributed by atoms with van der Waals surface area (Å²) < 4.78 is 13.2. The van der Waals surface area contributed by atoms with E-state index in [0.29, 0.717) is 6.04 Å². The van der Waals surface area contributed by atoms with E-state index in [9.17, 15) is 4.39 Å². The number of benzene rings is 1. The molecule has 0 bridgehead atoms. The third-order valence-electron chi connectivity index (χ3n) is 2.87. The van der Waals surface area contributed by atoms with Gasteiger partial charge in [0.2, 0.25) is 0 Å². The molecule has 2 nitrogen and oxygen atoms in total. The minimum absolute atomic E-state index is 0.171. The Kier molecular flexibility index (Phi) is 3.54. The molecule has 2 rings (SSSR count). The molecule has 0 fully saturated rings. The molecule has 0 aliphatic carbocycles. The Labute approximate surface area is 100 Å². The van der Waals surface area contributed by atoms with Crippen molar-refractivity contribution in [2.75, 3.05) is 17.2 Å². The highest BCUT2D eigenvalue weighted by atomic mass is 35.5. The van der Waals surface area contributed by atoms with Crippen LogP contribution in [0, 0.1) is 5.82 Å². The van der Waals surface area contributed by atoms with Gasteiger partial charge in [-0.3, -0.25) is 0 Å². The van der Waals surface area contributed by atoms with Crippen molar-refractivity contribution in [3.8, 4) is 0 Å². The number of nitrogens with one attached hydrogen (secondary N) is 2. The molecule has 4 heteroatoms. The van der Waals surface area contributed by atoms with Crippen LogP contribution in [-0.2, 0) is 0 Å². The van der Waals surface area contributed by atoms with Gasteiger partial charge >= 0.3 is 0 Å². The van der Waals surface area contributed by atoms with Gasteiger partial charge in [-0.2, -0.15) is 0 Å². The summed E-state index contributed by atoms with van der Waals surface area (Å²) in [5, 5.41) is 6.79. The third kappa shape index (κ3) is 2.40. The normalized spacial score (nSPS) is 18.6. The second kappa shape index (κ2) is 4.91. The SMILES string of the molecule is CCCCC1CNc2cc(F)c(Cl)cc2N1. The quantitative estimate of drug-likeness (QED) is 0.841. The predicted octanol–water partition coefficient (Wildman–Crippen LogP) is 3.88. The highest BCUT2D eigenvalue weighted by Gasteiger charge is 2.18. The van der Waals surface area contributed by atoms with Crippen molar-refractivity contribution in [2.45, 2.75) is 32.2 Å². The molecule has 1 aromatic rings. The number of unbranched alkanes of at least 4 members (excludes halogenated alkanes) is 1. The summed E-state index contributed by atoms with van der Waals surface area (Å²) in [4.78, 5) is 0. The first-order valence-electron chi connectivity index (χ1n) is 5.70. The predicted molar refractivity (Wildman–Crippen MR) is 66.8 cm³/mol. The average Bonchev–Trinajstić information content (AvgIpc) is 2.28. The summed E-state index contributed by atoms with van der Waals surface area (Å²) in [6.07, 6.45) is 3.51. The van der Waals surface area contributed by atoms with Crippen LogP contribution in [-0.4, -0.2) is 12.6 Å². The molecule has 2 N–H and O–H groups in total. The zero-order valence-electron chi connectivity index (χ0n) is 9.32. The molecule has 0 spiro atoms. The van der Waals surface area contributed by atoms with E-state index in [1.165, 1.54) is 18.9 Å². The highest BCUT2D eigenvalue weighted by Crippen LogP contribution is 2.32. The van der Waals surface area contributed by atoms with E-state index in [-0.39, 0.29) is 10.8 Å². The van der Waals surface area contributed by atoms with Gasteiger partial charge in [0.05, 0.1) is 16.4 Å². The van der Waals surface area contributed by atoms with E-state index in [4.69, 9.17) is 11.6 Å². The minimum Gasteiger partial charge on any atom is -0.381 e. The Morgan fingerprint density at radius 2 is 2.25 bits per heavy atom. The largest absolute Gasteiger partial charge is 0.381 e. The lowest BCUT2D eigenvalue weighted by atomic mass is 10.1. The monoisotopic (exact) mass is 242 g/mol. The fourth-order valence-electron chi connectivity index (χ4n) is 1.94. The summed E-state index contributed by atoms with van der Waals surface area (Å²) in [5.41, 5.74) is 1.70. The maximum atomic E-state index is 13.2. The van der Waals surface area contributed by atoms with Crippen LogP contribution in [0.3, 0.4) is 0 Å². The van der Waals surface area contributed by atoms with Gasteiger partial charge in [-0.05, 0) is 12.5 Å². The van der Waals surface area contributed by atoms with Crippen molar-refractivity contribution in [3.05, 3.63) is 23.0 Å². The number of halogens is 2. The van der Waals surface area contributed by atoms with Gasteiger partial charge in [0.1, 0.15) is 5.82 Å². The number of hydrogen-bond donors (Lipinski definition) is 2. The highest BCUT2D eigenvalue weighted by molar-refractivity contribution is 6.31. The summed E-state index contributed by atoms with van der Waals surface area (Å²) >= 11 is 5.75. The lowest BCUT2D eigenvalue weighted by Crippen LogP contribution is -2.32. The molecule has 0 amide bonds. The molecule has 0 saturated carbocycles. The summed E-state index contributed by atoms with van der Waals surface area (Å²) in [5.74, 6) is -0.373. The Hall–Kier alpha value is -0.960. The van der Waals surface area contributed by atoms with Crippen LogP contribution in [0.4, 0.5) is 15.8 Å². The zero-order valence-corrected chi connectivity index (χ0v) is 10.1. The smallest absolute Gasteiger partial charge is 0.143 e. The molecule has 1 atom stereocenters. The van der Waals surface area contributed by atoms with Crippen LogP contribution in [0.1, 0.15) is 26.2 Å². The first-order chi connectivity index (χ1) is 7.70. The van der Waals surface area contributed by atoms with Gasteiger partial charge in [0.15, 0.2) is 0 Å². The first-order valence-corrected chi connectivity index (χ1v) is 6.08. The minimum atomic E-state index is -0.373. The van der Waals surface area contributed by atoms with E-state index in [1.54, 1.807) is 6.07 Å². The van der Waals surface area contributed by atoms with Crippen molar-refractivity contribution < 1.29 is 4.39 Å². The van der Waals surface area contributed by atoms with Crippen LogP contribution < -0.4 is 10.6 Å². The molecule has 0 saturated heterocycles. The molecule has 88 valence electrons. The molecule has 16 heavy (non-hydrogen) atoms. The number of fused-ring (bicyclic) bond motifs is 1. The molecular formula is C12H16ClFN2. The van der Waals surface area contributed by atoms with Crippen molar-refractivity contribution in [3.63, 3.8) is 0 Å². The van der Waals surface area contributed by atoms with Gasteiger partial charge in [0, 0.05) is 18.7 Å². The van der Waals surface area contributed by atoms with E-state index >= 15 is 0 Å². The Morgan fingerprint density at radius 3 is 3.00 bits per heavy atom. The lowest BCUT2D eigenvalue weighted by molar-refractivity contribution is 0.612. The van der Waals surface area contributed by atoms with E-state index in [2.05, 4.69) is 17.6 Å². The van der Waals surface area contributed by atoms with Crippen molar-refractivity contribution >= 4 is 23.0 Å². The Morgan fingerprint density at radius 1 is 1.44 bits per heavy atom.